The van der Waals surface area contributed by atoms with E-state index in [0.717, 1.165) is 12.1 Å². The van der Waals surface area contributed by atoms with E-state index < -0.39 is 23.6 Å². The average molecular weight is 406 g/mol. The SMILES string of the molecule is NC(=O)N1CCC(c2nn(-c3ccc(C(F)(F)F)cc3)c3ccc(F)cc23)CC1. The van der Waals surface area contributed by atoms with Gasteiger partial charge in [-0.15, -0.1) is 0 Å². The van der Waals surface area contributed by atoms with Gasteiger partial charge in [-0.1, -0.05) is 0 Å². The number of nitrogens with zero attached hydrogens (tertiary/aromatic N) is 3. The highest BCUT2D eigenvalue weighted by atomic mass is 19.4. The van der Waals surface area contributed by atoms with Crippen molar-refractivity contribution >= 4 is 16.9 Å². The summed E-state index contributed by atoms with van der Waals surface area (Å²) in [5, 5.41) is 5.23. The topological polar surface area (TPSA) is 64.2 Å². The maximum atomic E-state index is 13.9. The number of amides is 2. The molecule has 152 valence electrons. The zero-order valence-electron chi connectivity index (χ0n) is 15.3. The summed E-state index contributed by atoms with van der Waals surface area (Å²) >= 11 is 0. The van der Waals surface area contributed by atoms with Crippen LogP contribution in [-0.4, -0.2) is 33.8 Å². The molecule has 2 heterocycles. The quantitative estimate of drug-likeness (QED) is 0.640. The molecular weight excluding hydrogens is 388 g/mol. The first-order chi connectivity index (χ1) is 13.7. The van der Waals surface area contributed by atoms with Crippen LogP contribution in [0.3, 0.4) is 0 Å². The molecule has 0 unspecified atom stereocenters. The second kappa shape index (κ2) is 7.06. The van der Waals surface area contributed by atoms with Crippen molar-refractivity contribution in [3.63, 3.8) is 0 Å². The van der Waals surface area contributed by atoms with Gasteiger partial charge in [0.1, 0.15) is 5.82 Å². The summed E-state index contributed by atoms with van der Waals surface area (Å²) in [5.74, 6) is -0.425. The van der Waals surface area contributed by atoms with Gasteiger partial charge in [0, 0.05) is 24.4 Å². The highest BCUT2D eigenvalue weighted by Crippen LogP contribution is 2.35. The molecule has 9 heteroatoms. The molecule has 5 nitrogen and oxygen atoms in total. The highest BCUT2D eigenvalue weighted by molar-refractivity contribution is 5.84. The van der Waals surface area contributed by atoms with Gasteiger partial charge in [-0.2, -0.15) is 18.3 Å². The third kappa shape index (κ3) is 3.64. The lowest BCUT2D eigenvalue weighted by molar-refractivity contribution is -0.137. The minimum absolute atomic E-state index is 0.00871. The summed E-state index contributed by atoms with van der Waals surface area (Å²) in [6.07, 6.45) is -3.18. The maximum absolute atomic E-state index is 13.9. The predicted octanol–water partition coefficient (Wildman–Crippen LogP) is 4.44. The minimum Gasteiger partial charge on any atom is -0.351 e. The van der Waals surface area contributed by atoms with Crippen LogP contribution in [0.25, 0.3) is 16.6 Å². The van der Waals surface area contributed by atoms with E-state index in [1.165, 1.54) is 28.9 Å². The Kier molecular flexibility index (Phi) is 4.68. The number of carbonyl (C=O) groups is 1. The number of aromatic nitrogens is 2. The Hall–Kier alpha value is -3.10. The predicted molar refractivity (Wildman–Crippen MR) is 99.2 cm³/mol. The molecule has 29 heavy (non-hydrogen) atoms. The Morgan fingerprint density at radius 3 is 2.31 bits per heavy atom. The van der Waals surface area contributed by atoms with Crippen molar-refractivity contribution in [1.29, 1.82) is 0 Å². The van der Waals surface area contributed by atoms with E-state index in [4.69, 9.17) is 5.73 Å². The molecule has 2 N–H and O–H groups in total. The standard InChI is InChI=1S/C20H18F4N4O/c21-14-3-6-17-16(11-14)18(12-7-9-27(10-8-12)19(25)29)26-28(17)15-4-1-13(2-5-15)20(22,23)24/h1-6,11-12H,7-10H2,(H2,25,29). The lowest BCUT2D eigenvalue weighted by Gasteiger charge is -2.30. The Morgan fingerprint density at radius 1 is 1.07 bits per heavy atom. The summed E-state index contributed by atoms with van der Waals surface area (Å²) in [6, 6.07) is 8.46. The van der Waals surface area contributed by atoms with Crippen molar-refractivity contribution < 1.29 is 22.4 Å². The van der Waals surface area contributed by atoms with Gasteiger partial charge >= 0.3 is 12.2 Å². The van der Waals surface area contributed by atoms with E-state index in [9.17, 15) is 22.4 Å². The molecule has 1 aliphatic rings. The van der Waals surface area contributed by atoms with Gasteiger partial charge in [0.25, 0.3) is 0 Å². The molecular formula is C20H18F4N4O. The number of nitrogens with two attached hydrogens (primary N) is 1. The van der Waals surface area contributed by atoms with Crippen LogP contribution in [0.2, 0.25) is 0 Å². The van der Waals surface area contributed by atoms with Crippen molar-refractivity contribution in [3.8, 4) is 5.69 Å². The van der Waals surface area contributed by atoms with Crippen molar-refractivity contribution in [2.24, 2.45) is 5.73 Å². The number of likely N-dealkylation sites (tertiary alicyclic amines) is 1. The Bertz CT molecular complexity index is 1050. The fourth-order valence-electron chi connectivity index (χ4n) is 3.78. The van der Waals surface area contributed by atoms with Gasteiger partial charge in [-0.25, -0.2) is 13.9 Å². The van der Waals surface area contributed by atoms with Crippen LogP contribution in [0.1, 0.15) is 30.0 Å². The van der Waals surface area contributed by atoms with Crippen LogP contribution >= 0.6 is 0 Å². The van der Waals surface area contributed by atoms with Gasteiger partial charge in [-0.05, 0) is 55.3 Å². The van der Waals surface area contributed by atoms with Gasteiger partial charge in [0.05, 0.1) is 22.5 Å². The van der Waals surface area contributed by atoms with Crippen LogP contribution in [0.5, 0.6) is 0 Å². The first-order valence-electron chi connectivity index (χ1n) is 9.14. The largest absolute Gasteiger partial charge is 0.416 e. The first kappa shape index (κ1) is 19.2. The smallest absolute Gasteiger partial charge is 0.351 e. The Balaban J connectivity index is 1.74. The minimum atomic E-state index is -4.42. The van der Waals surface area contributed by atoms with Crippen LogP contribution in [0.4, 0.5) is 22.4 Å². The number of urea groups is 1. The summed E-state index contributed by atoms with van der Waals surface area (Å²) in [7, 11) is 0. The molecule has 2 amide bonds. The van der Waals surface area contributed by atoms with E-state index in [2.05, 4.69) is 5.10 Å². The number of benzene rings is 2. The summed E-state index contributed by atoms with van der Waals surface area (Å²) in [5.41, 5.74) is 6.31. The lowest BCUT2D eigenvalue weighted by atomic mass is 9.92. The van der Waals surface area contributed by atoms with E-state index >= 15 is 0 Å². The number of carbonyl (C=O) groups excluding carboxylic acids is 1. The average Bonchev–Trinajstić information content (AvgIpc) is 3.06. The van der Waals surface area contributed by atoms with E-state index in [0.29, 0.717) is 48.2 Å². The number of rotatable bonds is 2. The van der Waals surface area contributed by atoms with Gasteiger partial charge < -0.3 is 10.6 Å². The zero-order valence-corrected chi connectivity index (χ0v) is 15.3. The highest BCUT2D eigenvalue weighted by Gasteiger charge is 2.30. The maximum Gasteiger partial charge on any atom is 0.416 e. The molecule has 0 bridgehead atoms. The number of alkyl halides is 3. The Labute approximate surface area is 163 Å². The van der Waals surface area contributed by atoms with Crippen LogP contribution in [0.15, 0.2) is 42.5 Å². The molecule has 0 aliphatic carbocycles. The van der Waals surface area contributed by atoms with Gasteiger partial charge in [-0.3, -0.25) is 0 Å². The fraction of sp³-hybridized carbons (Fsp3) is 0.300. The van der Waals surface area contributed by atoms with Crippen molar-refractivity contribution in [1.82, 2.24) is 14.7 Å². The third-order valence-corrected chi connectivity index (χ3v) is 5.30. The monoisotopic (exact) mass is 406 g/mol. The van der Waals surface area contributed by atoms with Gasteiger partial charge in [0.2, 0.25) is 0 Å². The molecule has 4 rings (SSSR count). The number of halogens is 4. The van der Waals surface area contributed by atoms with Crippen LogP contribution in [0, 0.1) is 5.82 Å². The van der Waals surface area contributed by atoms with Crippen LogP contribution in [-0.2, 0) is 6.18 Å². The molecule has 2 aromatic carbocycles. The fourth-order valence-corrected chi connectivity index (χ4v) is 3.78. The summed E-state index contributed by atoms with van der Waals surface area (Å²) in [6.45, 7) is 0.952. The number of hydrogen-bond acceptors (Lipinski definition) is 2. The molecule has 3 aromatic rings. The molecule has 0 radical (unpaired) electrons. The number of primary amides is 1. The lowest BCUT2D eigenvalue weighted by Crippen LogP contribution is -2.41. The van der Waals surface area contributed by atoms with Crippen LogP contribution < -0.4 is 5.73 Å². The molecule has 1 saturated heterocycles. The molecule has 1 aliphatic heterocycles. The normalized spacial score (nSPS) is 15.8. The van der Waals surface area contributed by atoms with E-state index in [1.54, 1.807) is 11.0 Å². The number of fused-ring (bicyclic) bond motifs is 1. The van der Waals surface area contributed by atoms with E-state index in [-0.39, 0.29) is 5.92 Å². The van der Waals surface area contributed by atoms with Crippen molar-refractivity contribution in [2.75, 3.05) is 13.1 Å². The molecule has 0 saturated carbocycles. The molecule has 1 fully saturated rings. The second-order valence-corrected chi connectivity index (χ2v) is 7.10. The third-order valence-electron chi connectivity index (χ3n) is 5.30. The summed E-state index contributed by atoms with van der Waals surface area (Å²) in [4.78, 5) is 12.9. The van der Waals surface area contributed by atoms with Gasteiger partial charge in [0.15, 0.2) is 0 Å². The number of hydrogen-bond donors (Lipinski definition) is 1. The summed E-state index contributed by atoms with van der Waals surface area (Å²) < 4.78 is 54.0. The molecule has 0 atom stereocenters. The molecule has 1 aromatic heterocycles. The molecule has 0 spiro atoms. The van der Waals surface area contributed by atoms with Crippen molar-refractivity contribution in [2.45, 2.75) is 24.9 Å². The van der Waals surface area contributed by atoms with Crippen molar-refractivity contribution in [3.05, 3.63) is 59.5 Å². The van der Waals surface area contributed by atoms with E-state index in [1.807, 2.05) is 0 Å². The number of piperidine rings is 1. The Morgan fingerprint density at radius 2 is 1.72 bits per heavy atom. The second-order valence-electron chi connectivity index (χ2n) is 7.10. The zero-order chi connectivity index (χ0) is 20.8. The first-order valence-corrected chi connectivity index (χ1v) is 9.14.